The largest absolute Gasteiger partial charge is 0.481 e. The van der Waals surface area contributed by atoms with Crippen LogP contribution in [0.4, 0.5) is 0 Å². The van der Waals surface area contributed by atoms with E-state index in [0.717, 1.165) is 39.9 Å². The monoisotopic (exact) mass is 423 g/mol. The van der Waals surface area contributed by atoms with Gasteiger partial charge in [-0.2, -0.15) is 0 Å². The van der Waals surface area contributed by atoms with Crippen LogP contribution in [0.15, 0.2) is 24.3 Å². The lowest BCUT2D eigenvalue weighted by Gasteiger charge is -2.28. The van der Waals surface area contributed by atoms with Gasteiger partial charge in [0.05, 0.1) is 6.10 Å². The van der Waals surface area contributed by atoms with Crippen LogP contribution in [0.2, 0.25) is 0 Å². The minimum Gasteiger partial charge on any atom is -0.481 e. The van der Waals surface area contributed by atoms with Crippen LogP contribution in [0.25, 0.3) is 0 Å². The Morgan fingerprint density at radius 2 is 1.67 bits per heavy atom. The standard InChI is InChI=1S/C17H25N3O2.2C2H4O2/c18-15-9-14(10-16(15)21)17(22)19-6-8-20-7-5-12-3-1-2-4-13(12)11-20;2*1-2(3)4/h1-4,14-16,21H,5-11,18H2,(H,19,22);2*1H3,(H,3,4)/t14-,15+,16+;;/m0../s1. The molecule has 168 valence electrons. The lowest BCUT2D eigenvalue weighted by atomic mass is 10.00. The van der Waals surface area contributed by atoms with Crippen molar-refractivity contribution >= 4 is 17.8 Å². The summed E-state index contributed by atoms with van der Waals surface area (Å²) in [4.78, 5) is 32.5. The summed E-state index contributed by atoms with van der Waals surface area (Å²) in [5, 5.41) is 27.4. The molecular weight excluding hydrogens is 390 g/mol. The van der Waals surface area contributed by atoms with Gasteiger partial charge in [-0.25, -0.2) is 0 Å². The predicted molar refractivity (Wildman–Crippen MR) is 112 cm³/mol. The third kappa shape index (κ3) is 9.82. The van der Waals surface area contributed by atoms with Gasteiger partial charge in [0.1, 0.15) is 0 Å². The highest BCUT2D eigenvalue weighted by Gasteiger charge is 2.34. The molecule has 0 bridgehead atoms. The molecule has 1 saturated carbocycles. The van der Waals surface area contributed by atoms with E-state index >= 15 is 0 Å². The molecule has 1 fully saturated rings. The molecule has 1 aromatic rings. The molecule has 0 spiro atoms. The van der Waals surface area contributed by atoms with Crippen LogP contribution in [-0.4, -0.2) is 69.8 Å². The van der Waals surface area contributed by atoms with E-state index < -0.39 is 18.0 Å². The Hall–Kier alpha value is -2.49. The highest BCUT2D eigenvalue weighted by molar-refractivity contribution is 5.79. The molecule has 1 amide bonds. The molecule has 6 N–H and O–H groups in total. The molecule has 9 heteroatoms. The molecule has 1 heterocycles. The van der Waals surface area contributed by atoms with Crippen molar-refractivity contribution in [1.29, 1.82) is 0 Å². The van der Waals surface area contributed by atoms with Gasteiger partial charge in [0, 0.05) is 52.0 Å². The molecule has 1 aromatic carbocycles. The average molecular weight is 424 g/mol. The van der Waals surface area contributed by atoms with Crippen molar-refractivity contribution < 1.29 is 29.7 Å². The average Bonchev–Trinajstić information content (AvgIpc) is 2.99. The fraction of sp³-hybridized carbons (Fsp3) is 0.571. The normalized spacial score (nSPS) is 22.5. The number of nitrogens with zero attached hydrogens (tertiary/aromatic N) is 1. The summed E-state index contributed by atoms with van der Waals surface area (Å²) in [7, 11) is 0. The summed E-state index contributed by atoms with van der Waals surface area (Å²) in [6, 6.07) is 8.30. The Morgan fingerprint density at radius 1 is 1.10 bits per heavy atom. The van der Waals surface area contributed by atoms with E-state index in [4.69, 9.17) is 25.5 Å². The van der Waals surface area contributed by atoms with Crippen molar-refractivity contribution in [2.75, 3.05) is 19.6 Å². The zero-order chi connectivity index (χ0) is 22.7. The SMILES string of the molecule is CC(=O)O.CC(=O)O.N[C@@H]1C[C@H](C(=O)NCCN2CCc3ccccc3C2)C[C@H]1O. The number of carboxylic acid groups (broad SMARTS) is 2. The third-order valence-corrected chi connectivity index (χ3v) is 4.88. The number of hydrogen-bond acceptors (Lipinski definition) is 6. The number of amides is 1. The lowest BCUT2D eigenvalue weighted by molar-refractivity contribution is -0.135. The van der Waals surface area contributed by atoms with Crippen LogP contribution in [0.3, 0.4) is 0 Å². The summed E-state index contributed by atoms with van der Waals surface area (Å²) in [5.74, 6) is -1.77. The molecule has 0 aromatic heterocycles. The number of hydrogen-bond donors (Lipinski definition) is 5. The van der Waals surface area contributed by atoms with E-state index in [1.165, 1.54) is 11.1 Å². The molecule has 3 rings (SSSR count). The quantitative estimate of drug-likeness (QED) is 0.468. The number of aliphatic hydroxyl groups is 1. The molecule has 0 unspecified atom stereocenters. The number of nitrogens with one attached hydrogen (secondary N) is 1. The van der Waals surface area contributed by atoms with Gasteiger partial charge in [-0.15, -0.1) is 0 Å². The van der Waals surface area contributed by atoms with Crippen molar-refractivity contribution in [3.63, 3.8) is 0 Å². The van der Waals surface area contributed by atoms with Crippen LogP contribution in [0.5, 0.6) is 0 Å². The molecule has 1 aliphatic heterocycles. The highest BCUT2D eigenvalue weighted by atomic mass is 16.4. The van der Waals surface area contributed by atoms with Crippen molar-refractivity contribution in [1.82, 2.24) is 10.2 Å². The number of carboxylic acids is 2. The Balaban J connectivity index is 0.000000485. The van der Waals surface area contributed by atoms with Crippen LogP contribution in [0, 0.1) is 5.92 Å². The molecule has 9 nitrogen and oxygen atoms in total. The summed E-state index contributed by atoms with van der Waals surface area (Å²) >= 11 is 0. The first kappa shape index (κ1) is 25.5. The van der Waals surface area contributed by atoms with E-state index in [1.54, 1.807) is 0 Å². The molecule has 3 atom stereocenters. The van der Waals surface area contributed by atoms with E-state index in [9.17, 15) is 9.90 Å². The number of aliphatic carboxylic acids is 2. The summed E-state index contributed by atoms with van der Waals surface area (Å²) in [5.41, 5.74) is 8.59. The van der Waals surface area contributed by atoms with Crippen molar-refractivity contribution in [2.24, 2.45) is 11.7 Å². The Labute approximate surface area is 176 Å². The second-order valence-electron chi connectivity index (χ2n) is 7.52. The minimum absolute atomic E-state index is 0.0319. The van der Waals surface area contributed by atoms with Crippen molar-refractivity contribution in [2.45, 2.75) is 51.8 Å². The number of carbonyl (C=O) groups excluding carboxylic acids is 1. The lowest BCUT2D eigenvalue weighted by Crippen LogP contribution is -2.39. The molecule has 30 heavy (non-hydrogen) atoms. The molecule has 2 aliphatic rings. The van der Waals surface area contributed by atoms with Crippen LogP contribution in [0.1, 0.15) is 37.8 Å². The smallest absolute Gasteiger partial charge is 0.300 e. The van der Waals surface area contributed by atoms with Gasteiger partial charge in [-0.3, -0.25) is 19.3 Å². The number of carbonyl (C=O) groups is 3. The number of benzene rings is 1. The van der Waals surface area contributed by atoms with Gasteiger partial charge < -0.3 is 26.4 Å². The van der Waals surface area contributed by atoms with Crippen LogP contribution < -0.4 is 11.1 Å². The molecule has 0 radical (unpaired) electrons. The molecular formula is C21H33N3O6. The topological polar surface area (TPSA) is 153 Å². The number of fused-ring (bicyclic) bond motifs is 1. The van der Waals surface area contributed by atoms with Crippen molar-refractivity contribution in [3.05, 3.63) is 35.4 Å². The molecule has 1 aliphatic carbocycles. The minimum atomic E-state index is -0.833. The highest BCUT2D eigenvalue weighted by Crippen LogP contribution is 2.24. The van der Waals surface area contributed by atoms with Crippen molar-refractivity contribution in [3.8, 4) is 0 Å². The first-order chi connectivity index (χ1) is 14.1. The maximum Gasteiger partial charge on any atom is 0.300 e. The number of aliphatic hydroxyl groups excluding tert-OH is 1. The van der Waals surface area contributed by atoms with Gasteiger partial charge in [-0.05, 0) is 30.4 Å². The van der Waals surface area contributed by atoms with E-state index in [2.05, 4.69) is 34.5 Å². The fourth-order valence-corrected chi connectivity index (χ4v) is 3.49. The number of nitrogens with two attached hydrogens (primary N) is 1. The maximum atomic E-state index is 12.1. The predicted octanol–water partition coefficient (Wildman–Crippen LogP) is 0.441. The van der Waals surface area contributed by atoms with Crippen LogP contribution in [-0.2, 0) is 27.3 Å². The Morgan fingerprint density at radius 3 is 2.20 bits per heavy atom. The van der Waals surface area contributed by atoms with E-state index in [-0.39, 0.29) is 17.9 Å². The number of rotatable bonds is 4. The van der Waals surface area contributed by atoms with Crippen LogP contribution >= 0.6 is 0 Å². The fourth-order valence-electron chi connectivity index (χ4n) is 3.49. The second kappa shape index (κ2) is 12.9. The summed E-state index contributed by atoms with van der Waals surface area (Å²) in [6.07, 6.45) is 1.62. The van der Waals surface area contributed by atoms with Gasteiger partial charge in [-0.1, -0.05) is 24.3 Å². The summed E-state index contributed by atoms with van der Waals surface area (Å²) in [6.45, 7) is 5.68. The first-order valence-corrected chi connectivity index (χ1v) is 9.99. The second-order valence-corrected chi connectivity index (χ2v) is 7.52. The van der Waals surface area contributed by atoms with Gasteiger partial charge >= 0.3 is 0 Å². The maximum absolute atomic E-state index is 12.1. The van der Waals surface area contributed by atoms with Gasteiger partial charge in [0.25, 0.3) is 11.9 Å². The van der Waals surface area contributed by atoms with E-state index in [1.807, 2.05) is 0 Å². The Kier molecular flexibility index (Phi) is 11.0. The first-order valence-electron chi connectivity index (χ1n) is 9.99. The van der Waals surface area contributed by atoms with Gasteiger partial charge in [0.2, 0.25) is 5.91 Å². The summed E-state index contributed by atoms with van der Waals surface area (Å²) < 4.78 is 0. The zero-order valence-electron chi connectivity index (χ0n) is 17.6. The third-order valence-electron chi connectivity index (χ3n) is 4.88. The zero-order valence-corrected chi connectivity index (χ0v) is 17.6. The van der Waals surface area contributed by atoms with E-state index in [0.29, 0.717) is 19.4 Å². The van der Waals surface area contributed by atoms with Gasteiger partial charge in [0.15, 0.2) is 0 Å². The Bertz CT molecular complexity index is 682. The molecule has 0 saturated heterocycles.